The van der Waals surface area contributed by atoms with E-state index < -0.39 is 0 Å². The molecule has 2 aromatic rings. The molecule has 0 atom stereocenters. The summed E-state index contributed by atoms with van der Waals surface area (Å²) < 4.78 is 5.60. The standard InChI is InChI=1S/C15H21N5O/c1-5-6-17-14-18-13(12-7-11(4)8-16-9-12)19-15(20-14)21-10(2)3/h7-10H,5-6H2,1-4H3,(H,17,18,19,20). The molecule has 0 fully saturated rings. The van der Waals surface area contributed by atoms with Crippen LogP contribution < -0.4 is 10.1 Å². The first kappa shape index (κ1) is 15.2. The number of nitrogens with zero attached hydrogens (tertiary/aromatic N) is 4. The molecule has 2 heterocycles. The lowest BCUT2D eigenvalue weighted by atomic mass is 10.2. The van der Waals surface area contributed by atoms with Gasteiger partial charge in [0.15, 0.2) is 5.82 Å². The number of nitrogens with one attached hydrogen (secondary N) is 1. The average molecular weight is 287 g/mol. The number of rotatable bonds is 6. The van der Waals surface area contributed by atoms with Crippen LogP contribution in [0.2, 0.25) is 0 Å². The van der Waals surface area contributed by atoms with Crippen molar-refractivity contribution in [2.75, 3.05) is 11.9 Å². The lowest BCUT2D eigenvalue weighted by Crippen LogP contribution is -2.12. The van der Waals surface area contributed by atoms with Gasteiger partial charge < -0.3 is 10.1 Å². The van der Waals surface area contributed by atoms with Gasteiger partial charge in [0.2, 0.25) is 5.95 Å². The Balaban J connectivity index is 2.38. The molecule has 0 aliphatic carbocycles. The minimum absolute atomic E-state index is 0.00918. The molecule has 0 spiro atoms. The molecule has 0 unspecified atom stereocenters. The van der Waals surface area contributed by atoms with E-state index in [-0.39, 0.29) is 6.10 Å². The summed E-state index contributed by atoms with van der Waals surface area (Å²) in [5.74, 6) is 1.09. The fourth-order valence-corrected chi connectivity index (χ4v) is 1.74. The van der Waals surface area contributed by atoms with Gasteiger partial charge in [0.05, 0.1) is 6.10 Å². The summed E-state index contributed by atoms with van der Waals surface area (Å²) in [6, 6.07) is 2.32. The molecule has 0 aliphatic heterocycles. The molecule has 0 amide bonds. The van der Waals surface area contributed by atoms with E-state index in [1.54, 1.807) is 12.4 Å². The quantitative estimate of drug-likeness (QED) is 0.880. The summed E-state index contributed by atoms with van der Waals surface area (Å²) in [5.41, 5.74) is 1.91. The Morgan fingerprint density at radius 3 is 2.67 bits per heavy atom. The van der Waals surface area contributed by atoms with E-state index in [0.29, 0.717) is 17.8 Å². The zero-order valence-corrected chi connectivity index (χ0v) is 12.9. The molecule has 0 saturated carbocycles. The van der Waals surface area contributed by atoms with Crippen molar-refractivity contribution in [2.24, 2.45) is 0 Å². The van der Waals surface area contributed by atoms with Gasteiger partial charge in [0.25, 0.3) is 0 Å². The van der Waals surface area contributed by atoms with Crippen LogP contribution in [0.5, 0.6) is 6.01 Å². The summed E-state index contributed by atoms with van der Waals surface area (Å²) in [4.78, 5) is 17.3. The largest absolute Gasteiger partial charge is 0.461 e. The molecule has 6 nitrogen and oxygen atoms in total. The highest BCUT2D eigenvalue weighted by Crippen LogP contribution is 2.19. The maximum absolute atomic E-state index is 5.60. The van der Waals surface area contributed by atoms with Crippen LogP contribution in [0.15, 0.2) is 18.5 Å². The highest BCUT2D eigenvalue weighted by atomic mass is 16.5. The number of anilines is 1. The van der Waals surface area contributed by atoms with Gasteiger partial charge in [-0.3, -0.25) is 4.98 Å². The van der Waals surface area contributed by atoms with Crippen molar-refractivity contribution in [3.05, 3.63) is 24.0 Å². The van der Waals surface area contributed by atoms with Crippen molar-refractivity contribution >= 4 is 5.95 Å². The SMILES string of the molecule is CCCNc1nc(OC(C)C)nc(-c2cncc(C)c2)n1. The molecule has 0 aromatic carbocycles. The molecule has 2 aromatic heterocycles. The maximum atomic E-state index is 5.60. The molecule has 6 heteroatoms. The molecule has 0 radical (unpaired) electrons. The van der Waals surface area contributed by atoms with E-state index in [4.69, 9.17) is 4.74 Å². The van der Waals surface area contributed by atoms with Crippen LogP contribution in [0.1, 0.15) is 32.8 Å². The van der Waals surface area contributed by atoms with Crippen LogP contribution in [-0.2, 0) is 0 Å². The van der Waals surface area contributed by atoms with Gasteiger partial charge in [0.1, 0.15) is 0 Å². The van der Waals surface area contributed by atoms with Crippen LogP contribution in [-0.4, -0.2) is 32.6 Å². The maximum Gasteiger partial charge on any atom is 0.322 e. The summed E-state index contributed by atoms with van der Waals surface area (Å²) in [6.07, 6.45) is 4.54. The van der Waals surface area contributed by atoms with Crippen molar-refractivity contribution in [3.8, 4) is 17.4 Å². The first-order valence-electron chi connectivity index (χ1n) is 7.17. The lowest BCUT2D eigenvalue weighted by molar-refractivity contribution is 0.222. The van der Waals surface area contributed by atoms with Gasteiger partial charge in [-0.25, -0.2) is 0 Å². The van der Waals surface area contributed by atoms with Crippen LogP contribution >= 0.6 is 0 Å². The second kappa shape index (κ2) is 6.97. The van der Waals surface area contributed by atoms with Gasteiger partial charge in [-0.15, -0.1) is 0 Å². The predicted molar refractivity (Wildman–Crippen MR) is 82.3 cm³/mol. The molecule has 0 bridgehead atoms. The van der Waals surface area contributed by atoms with Crippen molar-refractivity contribution in [2.45, 2.75) is 40.2 Å². The molecule has 0 saturated heterocycles. The Kier molecular flexibility index (Phi) is 5.03. The van der Waals surface area contributed by atoms with Crippen molar-refractivity contribution in [3.63, 3.8) is 0 Å². The Morgan fingerprint density at radius 2 is 2.00 bits per heavy atom. The molecule has 112 valence electrons. The van der Waals surface area contributed by atoms with Crippen molar-refractivity contribution in [1.82, 2.24) is 19.9 Å². The Hall–Kier alpha value is -2.24. The predicted octanol–water partition coefficient (Wildman–Crippen LogP) is 2.85. The highest BCUT2D eigenvalue weighted by molar-refractivity contribution is 5.56. The van der Waals surface area contributed by atoms with Crippen LogP contribution in [0.3, 0.4) is 0 Å². The molecule has 1 N–H and O–H groups in total. The lowest BCUT2D eigenvalue weighted by Gasteiger charge is -2.11. The summed E-state index contributed by atoms with van der Waals surface area (Å²) >= 11 is 0. The number of hydrogen-bond acceptors (Lipinski definition) is 6. The van der Waals surface area contributed by atoms with Gasteiger partial charge in [-0.05, 0) is 38.8 Å². The monoisotopic (exact) mass is 287 g/mol. The van der Waals surface area contributed by atoms with Gasteiger partial charge in [0, 0.05) is 24.5 Å². The Labute approximate surface area is 125 Å². The van der Waals surface area contributed by atoms with E-state index >= 15 is 0 Å². The third kappa shape index (κ3) is 4.37. The Bertz CT molecular complexity index is 600. The second-order valence-electron chi connectivity index (χ2n) is 5.11. The van der Waals surface area contributed by atoms with Gasteiger partial charge in [-0.2, -0.15) is 15.0 Å². The van der Waals surface area contributed by atoms with Crippen LogP contribution in [0.25, 0.3) is 11.4 Å². The first-order chi connectivity index (χ1) is 10.1. The Morgan fingerprint density at radius 1 is 1.19 bits per heavy atom. The van der Waals surface area contributed by atoms with E-state index in [9.17, 15) is 0 Å². The fourth-order valence-electron chi connectivity index (χ4n) is 1.74. The number of aryl methyl sites for hydroxylation is 1. The number of pyridine rings is 1. The van der Waals surface area contributed by atoms with Crippen molar-refractivity contribution in [1.29, 1.82) is 0 Å². The van der Waals surface area contributed by atoms with Crippen LogP contribution in [0.4, 0.5) is 5.95 Å². The van der Waals surface area contributed by atoms with Gasteiger partial charge in [-0.1, -0.05) is 6.92 Å². The normalized spacial score (nSPS) is 10.7. The smallest absolute Gasteiger partial charge is 0.322 e. The van der Waals surface area contributed by atoms with E-state index in [2.05, 4.69) is 32.2 Å². The molecule has 2 rings (SSSR count). The summed E-state index contributed by atoms with van der Waals surface area (Å²) in [6.45, 7) is 8.76. The zero-order chi connectivity index (χ0) is 15.2. The molecule has 0 aliphatic rings. The van der Waals surface area contributed by atoms with Crippen LogP contribution in [0, 0.1) is 6.92 Å². The third-order valence-corrected chi connectivity index (χ3v) is 2.62. The third-order valence-electron chi connectivity index (χ3n) is 2.62. The molecular weight excluding hydrogens is 266 g/mol. The summed E-state index contributed by atoms with van der Waals surface area (Å²) in [7, 11) is 0. The van der Waals surface area contributed by atoms with Crippen molar-refractivity contribution < 1.29 is 4.74 Å². The molecular formula is C15H21N5O. The number of aromatic nitrogens is 4. The minimum atomic E-state index is 0.00918. The zero-order valence-electron chi connectivity index (χ0n) is 12.9. The fraction of sp³-hybridized carbons (Fsp3) is 0.467. The first-order valence-corrected chi connectivity index (χ1v) is 7.17. The topological polar surface area (TPSA) is 72.8 Å². The average Bonchev–Trinajstić information content (AvgIpc) is 2.44. The number of ether oxygens (including phenoxy) is 1. The number of hydrogen-bond donors (Lipinski definition) is 1. The minimum Gasteiger partial charge on any atom is -0.461 e. The van der Waals surface area contributed by atoms with E-state index in [1.807, 2.05) is 26.8 Å². The summed E-state index contributed by atoms with van der Waals surface area (Å²) in [5, 5.41) is 3.17. The molecule has 21 heavy (non-hydrogen) atoms. The van der Waals surface area contributed by atoms with E-state index in [0.717, 1.165) is 24.1 Å². The van der Waals surface area contributed by atoms with E-state index in [1.165, 1.54) is 0 Å². The highest BCUT2D eigenvalue weighted by Gasteiger charge is 2.11. The van der Waals surface area contributed by atoms with Gasteiger partial charge >= 0.3 is 6.01 Å². The second-order valence-corrected chi connectivity index (χ2v) is 5.11.